The lowest BCUT2D eigenvalue weighted by Crippen LogP contribution is -2.12. The lowest BCUT2D eigenvalue weighted by molar-refractivity contribution is 0.0998. The van der Waals surface area contributed by atoms with Crippen molar-refractivity contribution >= 4 is 11.6 Å². The molecule has 0 heterocycles. The summed E-state index contributed by atoms with van der Waals surface area (Å²) in [6.45, 7) is 2.52. The Morgan fingerprint density at radius 3 is 2.35 bits per heavy atom. The van der Waals surface area contributed by atoms with Gasteiger partial charge in [-0.15, -0.1) is 0 Å². The van der Waals surface area contributed by atoms with Gasteiger partial charge in [-0.25, -0.2) is 0 Å². The minimum atomic E-state index is -0.585. The van der Waals surface area contributed by atoms with Crippen LogP contribution in [-0.4, -0.2) is 12.5 Å². The highest BCUT2D eigenvalue weighted by atomic mass is 16.5. The van der Waals surface area contributed by atoms with Gasteiger partial charge >= 0.3 is 0 Å². The van der Waals surface area contributed by atoms with Gasteiger partial charge < -0.3 is 20.9 Å². The highest BCUT2D eigenvalue weighted by Crippen LogP contribution is 2.28. The predicted octanol–water partition coefficient (Wildman–Crippen LogP) is 2.56. The molecule has 0 aromatic heterocycles. The van der Waals surface area contributed by atoms with Crippen molar-refractivity contribution in [1.82, 2.24) is 0 Å². The molecule has 5 heteroatoms. The summed E-state index contributed by atoms with van der Waals surface area (Å²) >= 11 is 0. The third kappa shape index (κ3) is 3.20. The van der Waals surface area contributed by atoms with E-state index in [9.17, 15) is 4.79 Å². The first kappa shape index (κ1) is 13.7. The number of nitrogen functional groups attached to an aromatic ring is 1. The molecule has 2 aromatic rings. The van der Waals surface area contributed by atoms with Gasteiger partial charge in [-0.1, -0.05) is 0 Å². The monoisotopic (exact) mass is 272 g/mol. The molecule has 0 aliphatic rings. The fourth-order valence-corrected chi connectivity index (χ4v) is 1.73. The van der Waals surface area contributed by atoms with Crippen LogP contribution in [0.15, 0.2) is 42.5 Å². The number of benzene rings is 2. The van der Waals surface area contributed by atoms with Crippen LogP contribution in [0.4, 0.5) is 5.69 Å². The number of hydrogen-bond acceptors (Lipinski definition) is 4. The highest BCUT2D eigenvalue weighted by molar-refractivity contribution is 5.96. The molecule has 0 aliphatic carbocycles. The first-order chi connectivity index (χ1) is 9.60. The van der Waals surface area contributed by atoms with Gasteiger partial charge in [0.25, 0.3) is 5.91 Å². The maximum Gasteiger partial charge on any atom is 0.252 e. The van der Waals surface area contributed by atoms with E-state index in [0.717, 1.165) is 5.75 Å². The Bertz CT molecular complexity index is 609. The molecule has 4 N–H and O–H groups in total. The van der Waals surface area contributed by atoms with Gasteiger partial charge in [-0.2, -0.15) is 0 Å². The molecule has 0 saturated carbocycles. The van der Waals surface area contributed by atoms with Crippen LogP contribution in [0.5, 0.6) is 17.2 Å². The molecule has 0 atom stereocenters. The van der Waals surface area contributed by atoms with E-state index in [0.29, 0.717) is 23.8 Å². The minimum Gasteiger partial charge on any atom is -0.494 e. The van der Waals surface area contributed by atoms with Crippen molar-refractivity contribution in [3.8, 4) is 17.2 Å². The molecule has 20 heavy (non-hydrogen) atoms. The number of amides is 1. The summed E-state index contributed by atoms with van der Waals surface area (Å²) in [4.78, 5) is 11.4. The molecule has 0 aliphatic heterocycles. The smallest absolute Gasteiger partial charge is 0.252 e. The molecule has 0 spiro atoms. The van der Waals surface area contributed by atoms with Crippen LogP contribution >= 0.6 is 0 Å². The summed E-state index contributed by atoms with van der Waals surface area (Å²) in [7, 11) is 0. The third-order valence-electron chi connectivity index (χ3n) is 2.63. The molecular weight excluding hydrogens is 256 g/mol. The Balaban J connectivity index is 2.23. The van der Waals surface area contributed by atoms with Crippen LogP contribution in [-0.2, 0) is 0 Å². The number of rotatable bonds is 5. The van der Waals surface area contributed by atoms with E-state index in [1.54, 1.807) is 36.4 Å². The fourth-order valence-electron chi connectivity index (χ4n) is 1.73. The van der Waals surface area contributed by atoms with Gasteiger partial charge in [0.2, 0.25) is 0 Å². The second-order valence-corrected chi connectivity index (χ2v) is 4.13. The number of primary amides is 1. The quantitative estimate of drug-likeness (QED) is 0.819. The Kier molecular flexibility index (Phi) is 4.10. The van der Waals surface area contributed by atoms with Crippen molar-refractivity contribution in [2.75, 3.05) is 12.3 Å². The van der Waals surface area contributed by atoms with E-state index in [-0.39, 0.29) is 5.56 Å². The normalized spacial score (nSPS) is 10.1. The largest absolute Gasteiger partial charge is 0.494 e. The van der Waals surface area contributed by atoms with E-state index in [4.69, 9.17) is 20.9 Å². The number of anilines is 1. The summed E-state index contributed by atoms with van der Waals surface area (Å²) in [5.74, 6) is 1.13. The number of carbonyl (C=O) groups is 1. The topological polar surface area (TPSA) is 87.6 Å². The van der Waals surface area contributed by atoms with Crippen LogP contribution < -0.4 is 20.9 Å². The molecule has 5 nitrogen and oxygen atoms in total. The lowest BCUT2D eigenvalue weighted by atomic mass is 10.1. The average molecular weight is 272 g/mol. The number of carbonyl (C=O) groups excluding carboxylic acids is 1. The SMILES string of the molecule is CCOc1ccc(Oc2ccc(N)cc2C(N)=O)cc1. The van der Waals surface area contributed by atoms with Crippen LogP contribution in [0.25, 0.3) is 0 Å². The third-order valence-corrected chi connectivity index (χ3v) is 2.63. The molecule has 0 saturated heterocycles. The number of nitrogens with two attached hydrogens (primary N) is 2. The van der Waals surface area contributed by atoms with Gasteiger partial charge in [-0.05, 0) is 49.4 Å². The van der Waals surface area contributed by atoms with Gasteiger partial charge in [0.15, 0.2) is 0 Å². The highest BCUT2D eigenvalue weighted by Gasteiger charge is 2.10. The molecule has 0 fully saturated rings. The van der Waals surface area contributed by atoms with Crippen LogP contribution in [0.3, 0.4) is 0 Å². The van der Waals surface area contributed by atoms with Crippen molar-refractivity contribution in [2.24, 2.45) is 5.73 Å². The maximum absolute atomic E-state index is 11.4. The molecule has 0 unspecified atom stereocenters. The van der Waals surface area contributed by atoms with Crippen LogP contribution in [0, 0.1) is 0 Å². The zero-order chi connectivity index (χ0) is 14.5. The summed E-state index contributed by atoms with van der Waals surface area (Å²) in [6.07, 6.45) is 0. The Labute approximate surface area is 117 Å². The zero-order valence-electron chi connectivity index (χ0n) is 11.1. The van der Waals surface area contributed by atoms with Crippen LogP contribution in [0.2, 0.25) is 0 Å². The Morgan fingerprint density at radius 2 is 1.75 bits per heavy atom. The average Bonchev–Trinajstić information content (AvgIpc) is 2.43. The summed E-state index contributed by atoms with van der Waals surface area (Å²) in [5, 5.41) is 0. The molecule has 1 amide bonds. The van der Waals surface area contributed by atoms with Crippen LogP contribution in [0.1, 0.15) is 17.3 Å². The molecule has 104 valence electrons. The first-order valence-corrected chi connectivity index (χ1v) is 6.20. The van der Waals surface area contributed by atoms with E-state index in [2.05, 4.69) is 0 Å². The Morgan fingerprint density at radius 1 is 1.10 bits per heavy atom. The standard InChI is InChI=1S/C15H16N2O3/c1-2-19-11-4-6-12(7-5-11)20-14-8-3-10(16)9-13(14)15(17)18/h3-9H,2,16H2,1H3,(H2,17,18). The van der Waals surface area contributed by atoms with Crippen molar-refractivity contribution in [3.05, 3.63) is 48.0 Å². The summed E-state index contributed by atoms with van der Waals surface area (Å²) in [6, 6.07) is 11.9. The molecule has 2 rings (SSSR count). The second-order valence-electron chi connectivity index (χ2n) is 4.13. The van der Waals surface area contributed by atoms with Gasteiger partial charge in [0.1, 0.15) is 17.2 Å². The molecule has 0 bridgehead atoms. The van der Waals surface area contributed by atoms with Crippen molar-refractivity contribution in [3.63, 3.8) is 0 Å². The molecule has 2 aromatic carbocycles. The van der Waals surface area contributed by atoms with E-state index < -0.39 is 5.91 Å². The number of hydrogen-bond donors (Lipinski definition) is 2. The number of ether oxygens (including phenoxy) is 2. The van der Waals surface area contributed by atoms with E-state index in [1.807, 2.05) is 6.92 Å². The summed E-state index contributed by atoms with van der Waals surface area (Å²) < 4.78 is 11.0. The lowest BCUT2D eigenvalue weighted by Gasteiger charge is -2.10. The fraction of sp³-hybridized carbons (Fsp3) is 0.133. The van der Waals surface area contributed by atoms with Gasteiger partial charge in [0.05, 0.1) is 12.2 Å². The molecule has 0 radical (unpaired) electrons. The van der Waals surface area contributed by atoms with E-state index >= 15 is 0 Å². The minimum absolute atomic E-state index is 0.249. The van der Waals surface area contributed by atoms with Gasteiger partial charge in [-0.3, -0.25) is 4.79 Å². The molecular formula is C15H16N2O3. The second kappa shape index (κ2) is 5.97. The maximum atomic E-state index is 11.4. The Hall–Kier alpha value is -2.69. The van der Waals surface area contributed by atoms with E-state index in [1.165, 1.54) is 6.07 Å². The van der Waals surface area contributed by atoms with Crippen molar-refractivity contribution < 1.29 is 14.3 Å². The first-order valence-electron chi connectivity index (χ1n) is 6.20. The van der Waals surface area contributed by atoms with Crippen molar-refractivity contribution in [1.29, 1.82) is 0 Å². The zero-order valence-corrected chi connectivity index (χ0v) is 11.1. The predicted molar refractivity (Wildman–Crippen MR) is 77.1 cm³/mol. The summed E-state index contributed by atoms with van der Waals surface area (Å²) in [5.41, 5.74) is 11.6. The van der Waals surface area contributed by atoms with Gasteiger partial charge in [0, 0.05) is 5.69 Å². The van der Waals surface area contributed by atoms with Crippen molar-refractivity contribution in [2.45, 2.75) is 6.92 Å².